The van der Waals surface area contributed by atoms with Gasteiger partial charge in [0.25, 0.3) is 0 Å². The number of pyridine rings is 1. The summed E-state index contributed by atoms with van der Waals surface area (Å²) in [6.45, 7) is -0.289. The molecule has 1 aromatic heterocycles. The highest BCUT2D eigenvalue weighted by molar-refractivity contribution is 5.70. The molecular formula is C19H27N3O6. The number of nitrogens with zero attached hydrogens (tertiary/aromatic N) is 3. The van der Waals surface area contributed by atoms with Crippen LogP contribution in [-0.4, -0.2) is 80.0 Å². The third-order valence-electron chi connectivity index (χ3n) is 5.05. The summed E-state index contributed by atoms with van der Waals surface area (Å²) < 4.78 is 0. The average Bonchev–Trinajstić information content (AvgIpc) is 2.67. The summed E-state index contributed by atoms with van der Waals surface area (Å²) in [7, 11) is 0. The van der Waals surface area contributed by atoms with Crippen LogP contribution in [0.2, 0.25) is 0 Å². The average molecular weight is 393 g/mol. The summed E-state index contributed by atoms with van der Waals surface area (Å²) in [5.74, 6) is -1.99. The van der Waals surface area contributed by atoms with Gasteiger partial charge in [0.2, 0.25) is 0 Å². The maximum Gasteiger partial charge on any atom is 0.317 e. The number of aromatic nitrogens is 1. The van der Waals surface area contributed by atoms with Crippen molar-refractivity contribution in [2.24, 2.45) is 0 Å². The lowest BCUT2D eigenvalue weighted by Gasteiger charge is -2.43. The zero-order chi connectivity index (χ0) is 20.5. The molecule has 9 heteroatoms. The molecule has 1 aromatic rings. The minimum atomic E-state index is -1.02. The first-order valence-electron chi connectivity index (χ1n) is 9.34. The van der Waals surface area contributed by atoms with Crippen LogP contribution in [-0.2, 0) is 27.5 Å². The van der Waals surface area contributed by atoms with Crippen LogP contribution in [0.3, 0.4) is 0 Å². The quantitative estimate of drug-likeness (QED) is 0.456. The van der Waals surface area contributed by atoms with Gasteiger partial charge < -0.3 is 20.1 Å². The molecule has 1 fully saturated rings. The molecule has 1 saturated carbocycles. The van der Waals surface area contributed by atoms with Crippen LogP contribution in [0.1, 0.15) is 36.9 Å². The van der Waals surface area contributed by atoms with Crippen LogP contribution in [0.25, 0.3) is 0 Å². The molecule has 3 N–H and O–H groups in total. The van der Waals surface area contributed by atoms with E-state index in [4.69, 9.17) is 5.11 Å². The van der Waals surface area contributed by atoms with E-state index >= 15 is 0 Å². The van der Waals surface area contributed by atoms with Gasteiger partial charge in [0.05, 0.1) is 31.9 Å². The second kappa shape index (κ2) is 10.8. The van der Waals surface area contributed by atoms with Crippen molar-refractivity contribution in [3.63, 3.8) is 0 Å². The number of aliphatic carboxylic acids is 2. The number of hydrogen-bond acceptors (Lipinski definition) is 7. The molecular weight excluding hydrogens is 366 g/mol. The van der Waals surface area contributed by atoms with Gasteiger partial charge in [0.15, 0.2) is 0 Å². The molecule has 28 heavy (non-hydrogen) atoms. The van der Waals surface area contributed by atoms with E-state index < -0.39 is 11.9 Å². The fourth-order valence-corrected chi connectivity index (χ4v) is 3.84. The standard InChI is InChI=1S/C19H27N3O6/c23-8-7-21(11-18(25)26)16-3-1-2-4-17(16)22(12-19(27)28)10-15-6-5-14(13-24)9-20-15/h5-6,8-9,16-17,24H,1-4,7,10-13H2,(H,25,26)(H,27,28)/t16-,17?/m0/s1. The smallest absolute Gasteiger partial charge is 0.317 e. The third kappa shape index (κ3) is 6.36. The topological polar surface area (TPSA) is 131 Å². The van der Waals surface area contributed by atoms with Crippen LogP contribution in [0.5, 0.6) is 0 Å². The lowest BCUT2D eigenvalue weighted by Crippen LogP contribution is -2.55. The number of carboxylic acids is 2. The summed E-state index contributed by atoms with van der Waals surface area (Å²) in [5.41, 5.74) is 1.34. The Balaban J connectivity index is 2.24. The highest BCUT2D eigenvalue weighted by Crippen LogP contribution is 2.28. The molecule has 0 spiro atoms. The van der Waals surface area contributed by atoms with Crippen molar-refractivity contribution >= 4 is 18.2 Å². The molecule has 0 radical (unpaired) electrons. The zero-order valence-corrected chi connectivity index (χ0v) is 15.7. The first-order chi connectivity index (χ1) is 13.4. The first kappa shape index (κ1) is 21.9. The minimum Gasteiger partial charge on any atom is -0.480 e. The van der Waals surface area contributed by atoms with Gasteiger partial charge in [-0.1, -0.05) is 18.9 Å². The number of rotatable bonds is 11. The van der Waals surface area contributed by atoms with E-state index in [2.05, 4.69) is 4.98 Å². The lowest BCUT2D eigenvalue weighted by molar-refractivity contribution is -0.143. The van der Waals surface area contributed by atoms with Crippen LogP contribution in [0.15, 0.2) is 18.3 Å². The van der Waals surface area contributed by atoms with E-state index in [1.165, 1.54) is 0 Å². The normalized spacial score (nSPS) is 19.7. The fourth-order valence-electron chi connectivity index (χ4n) is 3.84. The van der Waals surface area contributed by atoms with Crippen LogP contribution >= 0.6 is 0 Å². The van der Waals surface area contributed by atoms with Gasteiger partial charge in [-0.2, -0.15) is 0 Å². The zero-order valence-electron chi connectivity index (χ0n) is 15.7. The van der Waals surface area contributed by atoms with Crippen molar-refractivity contribution in [3.05, 3.63) is 29.6 Å². The van der Waals surface area contributed by atoms with Gasteiger partial charge in [-0.25, -0.2) is 0 Å². The predicted molar refractivity (Wildman–Crippen MR) is 99.5 cm³/mol. The number of aliphatic hydroxyl groups is 1. The van der Waals surface area contributed by atoms with Gasteiger partial charge in [-0.3, -0.25) is 24.4 Å². The Morgan fingerprint density at radius 3 is 2.18 bits per heavy atom. The van der Waals surface area contributed by atoms with Crippen molar-refractivity contribution in [2.75, 3.05) is 19.6 Å². The van der Waals surface area contributed by atoms with Crippen LogP contribution in [0.4, 0.5) is 0 Å². The van der Waals surface area contributed by atoms with Crippen LogP contribution in [0, 0.1) is 0 Å². The maximum atomic E-state index is 11.5. The molecule has 1 heterocycles. The molecule has 2 rings (SSSR count). The summed E-state index contributed by atoms with van der Waals surface area (Å²) in [4.78, 5) is 41.5. The van der Waals surface area contributed by atoms with Gasteiger partial charge in [-0.05, 0) is 24.5 Å². The van der Waals surface area contributed by atoms with E-state index in [0.29, 0.717) is 30.5 Å². The highest BCUT2D eigenvalue weighted by atomic mass is 16.4. The number of aliphatic hydroxyl groups excluding tert-OH is 1. The van der Waals surface area contributed by atoms with E-state index in [0.717, 1.165) is 19.3 Å². The lowest BCUT2D eigenvalue weighted by atomic mass is 9.87. The third-order valence-corrected chi connectivity index (χ3v) is 5.05. The first-order valence-corrected chi connectivity index (χ1v) is 9.34. The molecule has 0 aromatic carbocycles. The monoisotopic (exact) mass is 393 g/mol. The van der Waals surface area contributed by atoms with Crippen molar-refractivity contribution in [3.8, 4) is 0 Å². The molecule has 154 valence electrons. The highest BCUT2D eigenvalue weighted by Gasteiger charge is 2.35. The SMILES string of the molecule is O=CCN(CC(=O)O)[C@H]1CCCCC1N(CC(=O)O)Cc1ccc(CO)cn1. The Labute approximate surface area is 163 Å². The Morgan fingerprint density at radius 2 is 1.68 bits per heavy atom. The maximum absolute atomic E-state index is 11.5. The second-order valence-electron chi connectivity index (χ2n) is 7.02. The number of carbonyl (C=O) groups excluding carboxylic acids is 1. The molecule has 2 atom stereocenters. The number of aldehydes is 1. The molecule has 0 saturated heterocycles. The van der Waals surface area contributed by atoms with Crippen molar-refractivity contribution < 1.29 is 29.7 Å². The Hall–Kier alpha value is -2.36. The summed E-state index contributed by atoms with van der Waals surface area (Å²) in [6.07, 6.45) is 5.48. The largest absolute Gasteiger partial charge is 0.480 e. The Kier molecular flexibility index (Phi) is 8.49. The molecule has 0 amide bonds. The molecule has 1 aliphatic carbocycles. The summed E-state index contributed by atoms with van der Waals surface area (Å²) >= 11 is 0. The van der Waals surface area contributed by atoms with Gasteiger partial charge in [0, 0.05) is 24.8 Å². The van der Waals surface area contributed by atoms with E-state index in [1.807, 2.05) is 0 Å². The molecule has 1 aliphatic rings. The predicted octanol–water partition coefficient (Wildman–Crippen LogP) is 0.357. The Bertz CT molecular complexity index is 666. The Morgan fingerprint density at radius 1 is 1.07 bits per heavy atom. The number of hydrogen-bond donors (Lipinski definition) is 3. The van der Waals surface area contributed by atoms with E-state index in [9.17, 15) is 24.6 Å². The van der Waals surface area contributed by atoms with Gasteiger partial charge in [-0.15, -0.1) is 0 Å². The summed E-state index contributed by atoms with van der Waals surface area (Å²) in [6, 6.07) is 3.08. The minimum absolute atomic E-state index is 0.00216. The molecule has 0 aliphatic heterocycles. The number of carbonyl (C=O) groups is 3. The fraction of sp³-hybridized carbons (Fsp3) is 0.579. The second-order valence-corrected chi connectivity index (χ2v) is 7.02. The van der Waals surface area contributed by atoms with Crippen LogP contribution < -0.4 is 0 Å². The van der Waals surface area contributed by atoms with Gasteiger partial charge >= 0.3 is 11.9 Å². The van der Waals surface area contributed by atoms with Crippen molar-refractivity contribution in [1.82, 2.24) is 14.8 Å². The molecule has 0 bridgehead atoms. The van der Waals surface area contributed by atoms with E-state index in [-0.39, 0.29) is 38.3 Å². The van der Waals surface area contributed by atoms with Crippen molar-refractivity contribution in [2.45, 2.75) is 50.9 Å². The summed E-state index contributed by atoms with van der Waals surface area (Å²) in [5, 5.41) is 27.7. The molecule has 9 nitrogen and oxygen atoms in total. The number of carboxylic acid groups (broad SMARTS) is 2. The van der Waals surface area contributed by atoms with Gasteiger partial charge in [0.1, 0.15) is 6.29 Å². The van der Waals surface area contributed by atoms with E-state index in [1.54, 1.807) is 28.1 Å². The molecule has 1 unspecified atom stereocenters. The van der Waals surface area contributed by atoms with Crippen molar-refractivity contribution in [1.29, 1.82) is 0 Å².